The van der Waals surface area contributed by atoms with Gasteiger partial charge in [-0.15, -0.1) is 0 Å². The number of amides is 1. The number of carbonyl (C=O) groups excluding carboxylic acids is 1. The maximum absolute atomic E-state index is 12.1. The summed E-state index contributed by atoms with van der Waals surface area (Å²) in [6.07, 6.45) is 0. The Balaban J connectivity index is 2.26. The van der Waals surface area contributed by atoms with Gasteiger partial charge in [0.15, 0.2) is 5.84 Å². The van der Waals surface area contributed by atoms with Crippen molar-refractivity contribution in [3.63, 3.8) is 0 Å². The van der Waals surface area contributed by atoms with E-state index in [1.807, 2.05) is 0 Å². The van der Waals surface area contributed by atoms with E-state index in [2.05, 4.69) is 10.5 Å². The fourth-order valence-corrected chi connectivity index (χ4v) is 1.92. The standard InChI is InChI=1S/C14H11Cl2N3O2/c15-10-4-1-8(2-5-10)14(20)18-12-7-9(13(17)19-21)3-6-11(12)16/h1-7,21H,(H2,17,19)(H,18,20). The molecule has 7 heteroatoms. The summed E-state index contributed by atoms with van der Waals surface area (Å²) in [5, 5.41) is 15.1. The van der Waals surface area contributed by atoms with Crippen molar-refractivity contribution in [2.75, 3.05) is 5.32 Å². The zero-order chi connectivity index (χ0) is 15.4. The fourth-order valence-electron chi connectivity index (χ4n) is 1.63. The molecule has 0 bridgehead atoms. The van der Waals surface area contributed by atoms with Crippen molar-refractivity contribution >= 4 is 40.6 Å². The highest BCUT2D eigenvalue weighted by Gasteiger charge is 2.10. The molecule has 0 unspecified atom stereocenters. The van der Waals surface area contributed by atoms with Gasteiger partial charge in [0, 0.05) is 16.1 Å². The lowest BCUT2D eigenvalue weighted by atomic mass is 10.1. The summed E-state index contributed by atoms with van der Waals surface area (Å²) in [6, 6.07) is 11.1. The van der Waals surface area contributed by atoms with Crippen molar-refractivity contribution < 1.29 is 10.0 Å². The number of halogens is 2. The van der Waals surface area contributed by atoms with Gasteiger partial charge >= 0.3 is 0 Å². The predicted molar refractivity (Wildman–Crippen MR) is 83.4 cm³/mol. The molecule has 1 amide bonds. The monoisotopic (exact) mass is 323 g/mol. The molecule has 0 aliphatic rings. The van der Waals surface area contributed by atoms with Gasteiger partial charge < -0.3 is 16.3 Å². The zero-order valence-corrected chi connectivity index (χ0v) is 12.2. The lowest BCUT2D eigenvalue weighted by molar-refractivity contribution is 0.102. The number of nitrogens with zero attached hydrogens (tertiary/aromatic N) is 1. The Labute approximate surface area is 131 Å². The van der Waals surface area contributed by atoms with E-state index < -0.39 is 0 Å². The number of oxime groups is 1. The quantitative estimate of drug-likeness (QED) is 0.350. The predicted octanol–water partition coefficient (Wildman–Crippen LogP) is 3.34. The molecule has 0 heterocycles. The molecule has 5 nitrogen and oxygen atoms in total. The van der Waals surface area contributed by atoms with Crippen LogP contribution in [0, 0.1) is 0 Å². The van der Waals surface area contributed by atoms with Gasteiger partial charge in [-0.05, 0) is 42.5 Å². The van der Waals surface area contributed by atoms with Crippen LogP contribution in [0.4, 0.5) is 5.69 Å². The van der Waals surface area contributed by atoms with Crippen molar-refractivity contribution in [2.45, 2.75) is 0 Å². The van der Waals surface area contributed by atoms with Crippen LogP contribution in [-0.2, 0) is 0 Å². The van der Waals surface area contributed by atoms with E-state index in [-0.39, 0.29) is 11.7 Å². The van der Waals surface area contributed by atoms with Crippen molar-refractivity contribution in [2.24, 2.45) is 10.9 Å². The summed E-state index contributed by atoms with van der Waals surface area (Å²) in [6.45, 7) is 0. The van der Waals surface area contributed by atoms with E-state index in [0.717, 1.165) is 0 Å². The SMILES string of the molecule is N/C(=N/O)c1ccc(Cl)c(NC(=O)c2ccc(Cl)cc2)c1. The van der Waals surface area contributed by atoms with E-state index in [1.54, 1.807) is 36.4 Å². The first-order chi connectivity index (χ1) is 10.0. The van der Waals surface area contributed by atoms with Crippen LogP contribution >= 0.6 is 23.2 Å². The smallest absolute Gasteiger partial charge is 0.255 e. The molecule has 108 valence electrons. The molecular weight excluding hydrogens is 313 g/mol. The molecule has 0 aromatic heterocycles. The number of hydrogen-bond donors (Lipinski definition) is 3. The van der Waals surface area contributed by atoms with Crippen molar-refractivity contribution in [1.82, 2.24) is 0 Å². The van der Waals surface area contributed by atoms with Crippen LogP contribution < -0.4 is 11.1 Å². The summed E-state index contributed by atoms with van der Waals surface area (Å²) in [5.41, 5.74) is 6.74. The number of rotatable bonds is 3. The van der Waals surface area contributed by atoms with Crippen LogP contribution in [0.5, 0.6) is 0 Å². The molecule has 2 aromatic rings. The molecule has 0 aliphatic heterocycles. The number of nitrogens with two attached hydrogens (primary N) is 1. The zero-order valence-electron chi connectivity index (χ0n) is 10.7. The topological polar surface area (TPSA) is 87.7 Å². The van der Waals surface area contributed by atoms with E-state index in [0.29, 0.717) is 26.9 Å². The molecular formula is C14H11Cl2N3O2. The van der Waals surface area contributed by atoms with Gasteiger partial charge in [0.05, 0.1) is 10.7 Å². The van der Waals surface area contributed by atoms with Gasteiger partial charge in [-0.2, -0.15) is 0 Å². The molecule has 0 saturated heterocycles. The van der Waals surface area contributed by atoms with Gasteiger partial charge in [0.2, 0.25) is 0 Å². The molecule has 4 N–H and O–H groups in total. The summed E-state index contributed by atoms with van der Waals surface area (Å²) in [4.78, 5) is 12.1. The van der Waals surface area contributed by atoms with E-state index in [4.69, 9.17) is 34.1 Å². The van der Waals surface area contributed by atoms with Crippen molar-refractivity contribution in [1.29, 1.82) is 0 Å². The van der Waals surface area contributed by atoms with Gasteiger partial charge in [0.1, 0.15) is 0 Å². The maximum Gasteiger partial charge on any atom is 0.255 e. The second-order valence-electron chi connectivity index (χ2n) is 4.14. The Morgan fingerprint density at radius 3 is 2.33 bits per heavy atom. The van der Waals surface area contributed by atoms with Crippen LogP contribution in [0.25, 0.3) is 0 Å². The molecule has 0 fully saturated rings. The molecule has 0 spiro atoms. The molecule has 0 aliphatic carbocycles. The number of benzene rings is 2. The molecule has 0 saturated carbocycles. The molecule has 0 radical (unpaired) electrons. The lowest BCUT2D eigenvalue weighted by Gasteiger charge is -2.09. The third-order valence-corrected chi connectivity index (χ3v) is 3.31. The van der Waals surface area contributed by atoms with E-state index >= 15 is 0 Å². The van der Waals surface area contributed by atoms with Crippen LogP contribution in [0.1, 0.15) is 15.9 Å². The van der Waals surface area contributed by atoms with Gasteiger partial charge in [-0.3, -0.25) is 4.79 Å². The number of anilines is 1. The van der Waals surface area contributed by atoms with E-state index in [1.165, 1.54) is 6.07 Å². The van der Waals surface area contributed by atoms with Crippen LogP contribution in [0.3, 0.4) is 0 Å². The Bertz CT molecular complexity index is 700. The van der Waals surface area contributed by atoms with Gasteiger partial charge in [-0.25, -0.2) is 0 Å². The lowest BCUT2D eigenvalue weighted by Crippen LogP contribution is -2.15. The second-order valence-corrected chi connectivity index (χ2v) is 4.98. The van der Waals surface area contributed by atoms with Gasteiger partial charge in [0.25, 0.3) is 5.91 Å². The van der Waals surface area contributed by atoms with Gasteiger partial charge in [-0.1, -0.05) is 28.4 Å². The summed E-state index contributed by atoms with van der Waals surface area (Å²) in [5.74, 6) is -0.418. The molecule has 2 aromatic carbocycles. The summed E-state index contributed by atoms with van der Waals surface area (Å²) >= 11 is 11.8. The first kappa shape index (κ1) is 15.2. The Morgan fingerprint density at radius 1 is 1.10 bits per heavy atom. The first-order valence-electron chi connectivity index (χ1n) is 5.85. The fraction of sp³-hybridized carbons (Fsp3) is 0. The summed E-state index contributed by atoms with van der Waals surface area (Å²) in [7, 11) is 0. The molecule has 0 atom stereocenters. The number of nitrogens with one attached hydrogen (secondary N) is 1. The minimum absolute atomic E-state index is 0.0753. The third kappa shape index (κ3) is 3.65. The van der Waals surface area contributed by atoms with Crippen LogP contribution in [0.15, 0.2) is 47.6 Å². The van der Waals surface area contributed by atoms with Crippen molar-refractivity contribution in [3.8, 4) is 0 Å². The average Bonchev–Trinajstić information content (AvgIpc) is 2.49. The Hall–Kier alpha value is -2.24. The first-order valence-corrected chi connectivity index (χ1v) is 6.61. The summed E-state index contributed by atoms with van der Waals surface area (Å²) < 4.78 is 0. The molecule has 21 heavy (non-hydrogen) atoms. The largest absolute Gasteiger partial charge is 0.409 e. The van der Waals surface area contributed by atoms with E-state index in [9.17, 15) is 4.79 Å². The second kappa shape index (κ2) is 6.47. The normalized spacial score (nSPS) is 11.2. The van der Waals surface area contributed by atoms with Crippen molar-refractivity contribution in [3.05, 3.63) is 63.6 Å². The Kier molecular flexibility index (Phi) is 4.67. The molecule has 2 rings (SSSR count). The van der Waals surface area contributed by atoms with Crippen LogP contribution in [-0.4, -0.2) is 17.0 Å². The minimum atomic E-state index is -0.342. The minimum Gasteiger partial charge on any atom is -0.409 e. The maximum atomic E-state index is 12.1. The average molecular weight is 324 g/mol. The van der Waals surface area contributed by atoms with Crippen LogP contribution in [0.2, 0.25) is 10.0 Å². The highest BCUT2D eigenvalue weighted by atomic mass is 35.5. The number of hydrogen-bond acceptors (Lipinski definition) is 3. The highest BCUT2D eigenvalue weighted by molar-refractivity contribution is 6.34. The number of carbonyl (C=O) groups is 1. The Morgan fingerprint density at radius 2 is 1.71 bits per heavy atom. The third-order valence-electron chi connectivity index (χ3n) is 2.72. The number of amidine groups is 1. The highest BCUT2D eigenvalue weighted by Crippen LogP contribution is 2.24.